The molecule has 0 bridgehead atoms. The van der Waals surface area contributed by atoms with Crippen LogP contribution in [0.1, 0.15) is 5.56 Å². The number of nitrogens with zero attached hydrogens (tertiary/aromatic N) is 1. The summed E-state index contributed by atoms with van der Waals surface area (Å²) in [7, 11) is 0. The summed E-state index contributed by atoms with van der Waals surface area (Å²) in [5.41, 5.74) is 3.07. The van der Waals surface area contributed by atoms with Gasteiger partial charge in [0.05, 0.1) is 4.92 Å². The molecule has 0 aromatic heterocycles. The molecule has 0 saturated heterocycles. The lowest BCUT2D eigenvalue weighted by Gasteiger charge is -2.08. The summed E-state index contributed by atoms with van der Waals surface area (Å²) < 4.78 is 5.81. The Balaban J connectivity index is 1.75. The van der Waals surface area contributed by atoms with Crippen molar-refractivity contribution in [2.75, 3.05) is 0 Å². The molecule has 0 N–H and O–H groups in total. The van der Waals surface area contributed by atoms with Gasteiger partial charge in [0.25, 0.3) is 5.69 Å². The molecule has 0 atom stereocenters. The molecule has 0 radical (unpaired) electrons. The zero-order valence-corrected chi connectivity index (χ0v) is 12.4. The van der Waals surface area contributed by atoms with Gasteiger partial charge in [0.1, 0.15) is 12.4 Å². The lowest BCUT2D eigenvalue weighted by atomic mass is 10.1. The largest absolute Gasteiger partial charge is 0.489 e. The molecule has 3 aromatic carbocycles. The molecule has 0 heterocycles. The number of non-ortho nitro benzene ring substituents is 1. The minimum absolute atomic E-state index is 0.0882. The Hall–Kier alpha value is -3.14. The molecule has 3 rings (SSSR count). The van der Waals surface area contributed by atoms with Crippen molar-refractivity contribution in [3.63, 3.8) is 0 Å². The van der Waals surface area contributed by atoms with E-state index in [-0.39, 0.29) is 5.69 Å². The third-order valence-electron chi connectivity index (χ3n) is 3.49. The Labute approximate surface area is 134 Å². The Morgan fingerprint density at radius 2 is 1.57 bits per heavy atom. The number of hydrogen-bond acceptors (Lipinski definition) is 3. The third-order valence-corrected chi connectivity index (χ3v) is 3.49. The van der Waals surface area contributed by atoms with Crippen molar-refractivity contribution in [3.05, 3.63) is 94.5 Å². The summed E-state index contributed by atoms with van der Waals surface area (Å²) in [6.45, 7) is 0.505. The molecule has 3 aromatic rings. The monoisotopic (exact) mass is 305 g/mol. The second-order valence-corrected chi connectivity index (χ2v) is 5.11. The van der Waals surface area contributed by atoms with Gasteiger partial charge in [-0.1, -0.05) is 42.5 Å². The van der Waals surface area contributed by atoms with E-state index in [0.29, 0.717) is 6.61 Å². The number of benzene rings is 3. The average molecular weight is 305 g/mol. The van der Waals surface area contributed by atoms with Gasteiger partial charge >= 0.3 is 0 Å². The van der Waals surface area contributed by atoms with Crippen LogP contribution in [0.5, 0.6) is 5.75 Å². The van der Waals surface area contributed by atoms with Gasteiger partial charge in [-0.2, -0.15) is 0 Å². The van der Waals surface area contributed by atoms with Gasteiger partial charge in [-0.15, -0.1) is 0 Å². The summed E-state index contributed by atoms with van der Waals surface area (Å²) in [6, 6.07) is 24.2. The smallest absolute Gasteiger partial charge is 0.269 e. The SMILES string of the molecule is O=[N+]([O-])c1ccc(-c2cccc(OCc3ccccc3)c2)cc1. The van der Waals surface area contributed by atoms with Crippen LogP contribution in [0.25, 0.3) is 11.1 Å². The maximum Gasteiger partial charge on any atom is 0.269 e. The van der Waals surface area contributed by atoms with Gasteiger partial charge < -0.3 is 4.74 Å². The van der Waals surface area contributed by atoms with Crippen molar-refractivity contribution in [2.45, 2.75) is 6.61 Å². The second-order valence-electron chi connectivity index (χ2n) is 5.11. The molecule has 0 aliphatic heterocycles. The van der Waals surface area contributed by atoms with Gasteiger partial charge in [0.2, 0.25) is 0 Å². The molecular weight excluding hydrogens is 290 g/mol. The first kappa shape index (κ1) is 14.8. The van der Waals surface area contributed by atoms with Crippen LogP contribution >= 0.6 is 0 Å². The molecule has 23 heavy (non-hydrogen) atoms. The van der Waals surface area contributed by atoms with Crippen molar-refractivity contribution < 1.29 is 9.66 Å². The average Bonchev–Trinajstić information content (AvgIpc) is 2.61. The van der Waals surface area contributed by atoms with Crippen LogP contribution in [0.15, 0.2) is 78.9 Å². The van der Waals surface area contributed by atoms with Crippen LogP contribution in [0.4, 0.5) is 5.69 Å². The number of hydrogen-bond donors (Lipinski definition) is 0. The maximum absolute atomic E-state index is 10.7. The van der Waals surface area contributed by atoms with Crippen LogP contribution in [0.3, 0.4) is 0 Å². The van der Waals surface area contributed by atoms with Crippen LogP contribution in [0.2, 0.25) is 0 Å². The molecular formula is C19H15NO3. The third kappa shape index (κ3) is 3.74. The first-order chi connectivity index (χ1) is 11.2. The van der Waals surface area contributed by atoms with Crippen molar-refractivity contribution in [1.29, 1.82) is 0 Å². The Bertz CT molecular complexity index is 798. The lowest BCUT2D eigenvalue weighted by molar-refractivity contribution is -0.384. The fraction of sp³-hybridized carbons (Fsp3) is 0.0526. The maximum atomic E-state index is 10.7. The van der Waals surface area contributed by atoms with Crippen LogP contribution < -0.4 is 4.74 Å². The van der Waals surface area contributed by atoms with E-state index in [1.165, 1.54) is 12.1 Å². The lowest BCUT2D eigenvalue weighted by Crippen LogP contribution is -1.95. The van der Waals surface area contributed by atoms with E-state index in [1.54, 1.807) is 12.1 Å². The van der Waals surface area contributed by atoms with Crippen LogP contribution in [-0.2, 0) is 6.61 Å². The van der Waals surface area contributed by atoms with Gasteiger partial charge in [-0.05, 0) is 41.0 Å². The molecule has 0 fully saturated rings. The van der Waals surface area contributed by atoms with Crippen molar-refractivity contribution in [2.24, 2.45) is 0 Å². The molecule has 0 spiro atoms. The molecule has 0 amide bonds. The number of nitro groups is 1. The molecule has 4 heteroatoms. The molecule has 0 saturated carbocycles. The number of nitro benzene ring substituents is 1. The normalized spacial score (nSPS) is 10.3. The molecule has 4 nitrogen and oxygen atoms in total. The standard InChI is InChI=1S/C19H15NO3/c21-20(22)18-11-9-16(10-12-18)17-7-4-8-19(13-17)23-14-15-5-2-1-3-6-15/h1-13H,14H2. The Morgan fingerprint density at radius 1 is 0.826 bits per heavy atom. The summed E-state index contributed by atoms with van der Waals surface area (Å²) >= 11 is 0. The number of rotatable bonds is 5. The first-order valence-corrected chi connectivity index (χ1v) is 7.24. The molecule has 0 aliphatic carbocycles. The van der Waals surface area contributed by atoms with Gasteiger partial charge in [0, 0.05) is 12.1 Å². The van der Waals surface area contributed by atoms with Crippen molar-refractivity contribution in [3.8, 4) is 16.9 Å². The number of ether oxygens (including phenoxy) is 1. The Kier molecular flexibility index (Phi) is 4.34. The highest BCUT2D eigenvalue weighted by Gasteiger charge is 2.06. The van der Waals surface area contributed by atoms with E-state index in [0.717, 1.165) is 22.4 Å². The minimum atomic E-state index is -0.400. The van der Waals surface area contributed by atoms with Crippen molar-refractivity contribution in [1.82, 2.24) is 0 Å². The van der Waals surface area contributed by atoms with Gasteiger partial charge in [-0.25, -0.2) is 0 Å². The predicted molar refractivity (Wildman–Crippen MR) is 89.3 cm³/mol. The molecule has 114 valence electrons. The topological polar surface area (TPSA) is 52.4 Å². The molecule has 0 unspecified atom stereocenters. The Morgan fingerprint density at radius 3 is 2.26 bits per heavy atom. The predicted octanol–water partition coefficient (Wildman–Crippen LogP) is 4.84. The second kappa shape index (κ2) is 6.75. The van der Waals surface area contributed by atoms with Crippen LogP contribution in [0, 0.1) is 10.1 Å². The zero-order valence-electron chi connectivity index (χ0n) is 12.4. The van der Waals surface area contributed by atoms with E-state index < -0.39 is 4.92 Å². The zero-order chi connectivity index (χ0) is 16.1. The highest BCUT2D eigenvalue weighted by atomic mass is 16.6. The fourth-order valence-electron chi connectivity index (χ4n) is 2.28. The summed E-state index contributed by atoms with van der Waals surface area (Å²) in [4.78, 5) is 10.3. The summed E-state index contributed by atoms with van der Waals surface area (Å²) in [5, 5.41) is 10.7. The fourth-order valence-corrected chi connectivity index (χ4v) is 2.28. The van der Waals surface area contributed by atoms with E-state index in [4.69, 9.17) is 4.74 Å². The van der Waals surface area contributed by atoms with Crippen molar-refractivity contribution >= 4 is 5.69 Å². The van der Waals surface area contributed by atoms with Gasteiger partial charge in [-0.3, -0.25) is 10.1 Å². The van der Waals surface area contributed by atoms with E-state index in [9.17, 15) is 10.1 Å². The molecule has 0 aliphatic rings. The highest BCUT2D eigenvalue weighted by molar-refractivity contribution is 5.66. The highest BCUT2D eigenvalue weighted by Crippen LogP contribution is 2.26. The quantitative estimate of drug-likeness (QED) is 0.500. The van der Waals surface area contributed by atoms with E-state index in [2.05, 4.69) is 0 Å². The summed E-state index contributed by atoms with van der Waals surface area (Å²) in [6.07, 6.45) is 0. The van der Waals surface area contributed by atoms with Gasteiger partial charge in [0.15, 0.2) is 0 Å². The first-order valence-electron chi connectivity index (χ1n) is 7.24. The minimum Gasteiger partial charge on any atom is -0.489 e. The summed E-state index contributed by atoms with van der Waals surface area (Å²) in [5.74, 6) is 0.768. The van der Waals surface area contributed by atoms with Crippen LogP contribution in [-0.4, -0.2) is 4.92 Å². The van der Waals surface area contributed by atoms with E-state index in [1.807, 2.05) is 54.6 Å². The van der Waals surface area contributed by atoms with E-state index >= 15 is 0 Å².